The van der Waals surface area contributed by atoms with Gasteiger partial charge in [-0.2, -0.15) is 11.8 Å². The van der Waals surface area contributed by atoms with E-state index in [0.29, 0.717) is 22.5 Å². The first-order valence-electron chi connectivity index (χ1n) is 7.60. The van der Waals surface area contributed by atoms with Gasteiger partial charge in [0.25, 0.3) is 0 Å². The zero-order valence-electron chi connectivity index (χ0n) is 13.4. The van der Waals surface area contributed by atoms with Crippen molar-refractivity contribution in [2.75, 3.05) is 26.0 Å². The normalized spacial score (nSPS) is 19.4. The number of benzene rings is 1. The van der Waals surface area contributed by atoms with Crippen molar-refractivity contribution in [2.45, 2.75) is 30.6 Å². The van der Waals surface area contributed by atoms with E-state index < -0.39 is 0 Å². The zero-order chi connectivity index (χ0) is 16.9. The summed E-state index contributed by atoms with van der Waals surface area (Å²) in [7, 11) is 0. The molecule has 1 unspecified atom stereocenters. The van der Waals surface area contributed by atoms with Gasteiger partial charge in [0.1, 0.15) is 0 Å². The molecule has 1 aromatic carbocycles. The van der Waals surface area contributed by atoms with E-state index in [4.69, 9.17) is 33.7 Å². The summed E-state index contributed by atoms with van der Waals surface area (Å²) >= 11 is 14.0. The van der Waals surface area contributed by atoms with Gasteiger partial charge in [0.2, 0.25) is 0 Å². The Labute approximate surface area is 152 Å². The standard InChI is InChI=1S/C16H23Cl2N3OS/c1-11(13-4-3-12(17)9-14(13)18)21-15(19)20-10-16(23-2)5-7-22-8-6-16/h3-4,9,11H,5-8,10H2,1-2H3,(H3,19,20,21). The molecule has 0 amide bonds. The molecular weight excluding hydrogens is 353 g/mol. The minimum atomic E-state index is -0.0385. The lowest BCUT2D eigenvalue weighted by Gasteiger charge is -2.34. The third kappa shape index (κ3) is 5.18. The Balaban J connectivity index is 1.98. The Hall–Kier alpha value is -0.620. The molecular formula is C16H23Cl2N3OS. The maximum Gasteiger partial charge on any atom is 0.189 e. The van der Waals surface area contributed by atoms with Crippen molar-refractivity contribution in [1.82, 2.24) is 5.32 Å². The highest BCUT2D eigenvalue weighted by Crippen LogP contribution is 2.34. The monoisotopic (exact) mass is 375 g/mol. The molecule has 0 aromatic heterocycles. The number of ether oxygens (including phenoxy) is 1. The van der Waals surface area contributed by atoms with Crippen molar-refractivity contribution in [1.29, 1.82) is 0 Å². The second-order valence-electron chi connectivity index (χ2n) is 5.73. The molecule has 1 aliphatic heterocycles. The van der Waals surface area contributed by atoms with E-state index in [1.54, 1.807) is 6.07 Å². The number of hydrogen-bond acceptors (Lipinski definition) is 3. The van der Waals surface area contributed by atoms with Gasteiger partial charge in [-0.15, -0.1) is 0 Å². The van der Waals surface area contributed by atoms with E-state index in [1.165, 1.54) is 0 Å². The van der Waals surface area contributed by atoms with Crippen molar-refractivity contribution >= 4 is 40.9 Å². The molecule has 1 fully saturated rings. The lowest BCUT2D eigenvalue weighted by Crippen LogP contribution is -2.39. The van der Waals surface area contributed by atoms with Crippen LogP contribution in [0, 0.1) is 0 Å². The summed E-state index contributed by atoms with van der Waals surface area (Å²) in [4.78, 5) is 4.54. The van der Waals surface area contributed by atoms with Crippen molar-refractivity contribution in [3.8, 4) is 0 Å². The van der Waals surface area contributed by atoms with Crippen LogP contribution in [0.1, 0.15) is 31.4 Å². The Bertz CT molecular complexity index is 562. The second kappa shape index (κ2) is 8.47. The number of nitrogens with one attached hydrogen (secondary N) is 1. The Morgan fingerprint density at radius 3 is 2.74 bits per heavy atom. The molecule has 4 nitrogen and oxygen atoms in total. The lowest BCUT2D eigenvalue weighted by atomic mass is 9.99. The summed E-state index contributed by atoms with van der Waals surface area (Å²) in [6.07, 6.45) is 4.13. The van der Waals surface area contributed by atoms with Crippen LogP contribution in [0.5, 0.6) is 0 Å². The van der Waals surface area contributed by atoms with Gasteiger partial charge in [-0.1, -0.05) is 29.3 Å². The minimum absolute atomic E-state index is 0.0385. The molecule has 0 bridgehead atoms. The van der Waals surface area contributed by atoms with Crippen LogP contribution < -0.4 is 11.1 Å². The van der Waals surface area contributed by atoms with Crippen LogP contribution in [0.4, 0.5) is 0 Å². The summed E-state index contributed by atoms with van der Waals surface area (Å²) in [5, 5.41) is 4.44. The van der Waals surface area contributed by atoms with Crippen molar-refractivity contribution in [2.24, 2.45) is 10.7 Å². The fourth-order valence-corrected chi connectivity index (χ4v) is 3.94. The predicted octanol–water partition coefficient (Wildman–Crippen LogP) is 3.87. The summed E-state index contributed by atoms with van der Waals surface area (Å²) < 4.78 is 5.58. The van der Waals surface area contributed by atoms with Crippen LogP contribution in [0.15, 0.2) is 23.2 Å². The third-order valence-corrected chi connectivity index (χ3v) is 6.13. The predicted molar refractivity (Wildman–Crippen MR) is 101 cm³/mol. The number of nitrogens with zero attached hydrogens (tertiary/aromatic N) is 1. The van der Waals surface area contributed by atoms with Gasteiger partial charge >= 0.3 is 0 Å². The third-order valence-electron chi connectivity index (χ3n) is 4.17. The van der Waals surface area contributed by atoms with Crippen LogP contribution in [0.25, 0.3) is 0 Å². The first-order chi connectivity index (χ1) is 11.0. The maximum absolute atomic E-state index is 6.23. The first-order valence-corrected chi connectivity index (χ1v) is 9.58. The minimum Gasteiger partial charge on any atom is -0.381 e. The smallest absolute Gasteiger partial charge is 0.189 e. The molecule has 0 aliphatic carbocycles. The van der Waals surface area contributed by atoms with Crippen LogP contribution >= 0.6 is 35.0 Å². The van der Waals surface area contributed by atoms with Gasteiger partial charge < -0.3 is 15.8 Å². The second-order valence-corrected chi connectivity index (χ2v) is 7.85. The van der Waals surface area contributed by atoms with Gasteiger partial charge in [-0.25, -0.2) is 0 Å². The Morgan fingerprint density at radius 1 is 1.43 bits per heavy atom. The van der Waals surface area contributed by atoms with E-state index >= 15 is 0 Å². The number of aliphatic imine (C=N–C) groups is 1. The molecule has 3 N–H and O–H groups in total. The topological polar surface area (TPSA) is 59.6 Å². The molecule has 7 heteroatoms. The summed E-state index contributed by atoms with van der Waals surface area (Å²) in [5.41, 5.74) is 7.00. The first kappa shape index (κ1) is 18.7. The highest BCUT2D eigenvalue weighted by Gasteiger charge is 2.31. The fourth-order valence-electron chi connectivity index (χ4n) is 2.60. The lowest BCUT2D eigenvalue weighted by molar-refractivity contribution is 0.0794. The fraction of sp³-hybridized carbons (Fsp3) is 0.562. The highest BCUT2D eigenvalue weighted by atomic mass is 35.5. The number of nitrogens with two attached hydrogens (primary N) is 1. The van der Waals surface area contributed by atoms with Crippen molar-refractivity contribution in [3.05, 3.63) is 33.8 Å². The van der Waals surface area contributed by atoms with E-state index in [1.807, 2.05) is 30.8 Å². The number of hydrogen-bond donors (Lipinski definition) is 2. The van der Waals surface area contributed by atoms with Gasteiger partial charge in [-0.3, -0.25) is 4.99 Å². The van der Waals surface area contributed by atoms with Gasteiger partial charge in [0, 0.05) is 28.0 Å². The molecule has 0 spiro atoms. The molecule has 0 radical (unpaired) electrons. The largest absolute Gasteiger partial charge is 0.381 e. The highest BCUT2D eigenvalue weighted by molar-refractivity contribution is 8.00. The molecule has 128 valence electrons. The van der Waals surface area contributed by atoms with E-state index in [2.05, 4.69) is 16.6 Å². The van der Waals surface area contributed by atoms with E-state index in [-0.39, 0.29) is 10.8 Å². The number of rotatable bonds is 5. The molecule has 1 saturated heterocycles. The van der Waals surface area contributed by atoms with Gasteiger partial charge in [0.05, 0.1) is 12.6 Å². The molecule has 1 aromatic rings. The van der Waals surface area contributed by atoms with Crippen LogP contribution in [0.3, 0.4) is 0 Å². The zero-order valence-corrected chi connectivity index (χ0v) is 15.8. The SMILES string of the molecule is CSC1(CN=C(N)NC(C)c2ccc(Cl)cc2Cl)CCOCC1. The molecule has 2 rings (SSSR count). The Kier molecular flexibility index (Phi) is 6.89. The number of guanidine groups is 1. The van der Waals surface area contributed by atoms with Crippen LogP contribution in [-0.4, -0.2) is 36.7 Å². The van der Waals surface area contributed by atoms with Crippen molar-refractivity contribution in [3.63, 3.8) is 0 Å². The molecule has 23 heavy (non-hydrogen) atoms. The average molecular weight is 376 g/mol. The number of halogens is 2. The molecule has 1 aliphatic rings. The van der Waals surface area contributed by atoms with Crippen molar-refractivity contribution < 1.29 is 4.74 Å². The van der Waals surface area contributed by atoms with E-state index in [0.717, 1.165) is 31.6 Å². The van der Waals surface area contributed by atoms with Crippen LogP contribution in [-0.2, 0) is 4.74 Å². The average Bonchev–Trinajstić information content (AvgIpc) is 2.53. The quantitative estimate of drug-likeness (QED) is 0.605. The van der Waals surface area contributed by atoms with E-state index in [9.17, 15) is 0 Å². The summed E-state index contributed by atoms with van der Waals surface area (Å²) in [5.74, 6) is 0.434. The number of thioether (sulfide) groups is 1. The molecule has 0 saturated carbocycles. The Morgan fingerprint density at radius 2 is 2.13 bits per heavy atom. The molecule has 1 atom stereocenters. The molecule has 1 heterocycles. The van der Waals surface area contributed by atoms with Crippen LogP contribution in [0.2, 0.25) is 10.0 Å². The van der Waals surface area contributed by atoms with Gasteiger partial charge in [-0.05, 0) is 43.7 Å². The summed E-state index contributed by atoms with van der Waals surface area (Å²) in [6, 6.07) is 5.41. The van der Waals surface area contributed by atoms with Gasteiger partial charge in [0.15, 0.2) is 5.96 Å². The maximum atomic E-state index is 6.23. The summed E-state index contributed by atoms with van der Waals surface area (Å²) in [6.45, 7) is 4.27.